The molecule has 0 radical (unpaired) electrons. The molecular weight excluding hydrogens is 280 g/mol. The van der Waals surface area contributed by atoms with Crippen LogP contribution in [0.3, 0.4) is 0 Å². The minimum Gasteiger partial charge on any atom is -0.478 e. The molecule has 1 saturated heterocycles. The van der Waals surface area contributed by atoms with Crippen LogP contribution in [0.2, 0.25) is 5.02 Å². The summed E-state index contributed by atoms with van der Waals surface area (Å²) < 4.78 is 0. The maximum atomic E-state index is 11.7. The van der Waals surface area contributed by atoms with Gasteiger partial charge in [-0.15, -0.1) is 0 Å². The summed E-state index contributed by atoms with van der Waals surface area (Å²) in [6, 6.07) is 4.83. The number of piperidine rings is 1. The highest BCUT2D eigenvalue weighted by atomic mass is 35.5. The van der Waals surface area contributed by atoms with Gasteiger partial charge in [-0.05, 0) is 31.0 Å². The quantitative estimate of drug-likeness (QED) is 0.895. The molecule has 1 atom stereocenters. The van der Waals surface area contributed by atoms with Gasteiger partial charge in [0, 0.05) is 25.2 Å². The molecule has 1 unspecified atom stereocenters. The Morgan fingerprint density at radius 1 is 1.45 bits per heavy atom. The average Bonchev–Trinajstić information content (AvgIpc) is 2.46. The van der Waals surface area contributed by atoms with Crippen molar-refractivity contribution in [3.05, 3.63) is 28.8 Å². The standard InChI is InChI=1S/C14H17ClN2O3/c1-16-13(18)9-3-2-6-17(8-9)12-5-4-10(15)7-11(12)14(19)20/h4-5,7,9H,2-3,6,8H2,1H3,(H,16,18)(H,19,20). The van der Waals surface area contributed by atoms with Crippen molar-refractivity contribution in [2.45, 2.75) is 12.8 Å². The van der Waals surface area contributed by atoms with E-state index in [-0.39, 0.29) is 17.4 Å². The summed E-state index contributed by atoms with van der Waals surface area (Å²) in [5.41, 5.74) is 0.797. The van der Waals surface area contributed by atoms with Gasteiger partial charge in [-0.3, -0.25) is 4.79 Å². The average molecular weight is 297 g/mol. The van der Waals surface area contributed by atoms with Crippen molar-refractivity contribution in [2.24, 2.45) is 5.92 Å². The van der Waals surface area contributed by atoms with E-state index in [0.29, 0.717) is 17.3 Å². The summed E-state index contributed by atoms with van der Waals surface area (Å²) in [5.74, 6) is -1.11. The number of carboxylic acids is 1. The van der Waals surface area contributed by atoms with Gasteiger partial charge in [-0.25, -0.2) is 4.79 Å². The molecule has 0 spiro atoms. The minimum absolute atomic E-state index is 0.000499. The van der Waals surface area contributed by atoms with E-state index in [2.05, 4.69) is 5.32 Å². The van der Waals surface area contributed by atoms with Gasteiger partial charge in [0.1, 0.15) is 0 Å². The molecule has 1 aromatic carbocycles. The second-order valence-electron chi connectivity index (χ2n) is 4.87. The summed E-state index contributed by atoms with van der Waals surface area (Å²) in [4.78, 5) is 25.0. The lowest BCUT2D eigenvalue weighted by atomic mass is 9.96. The molecular formula is C14H17ClN2O3. The van der Waals surface area contributed by atoms with E-state index in [1.807, 2.05) is 4.90 Å². The third kappa shape index (κ3) is 3.04. The fraction of sp³-hybridized carbons (Fsp3) is 0.429. The highest BCUT2D eigenvalue weighted by molar-refractivity contribution is 6.31. The first-order valence-corrected chi connectivity index (χ1v) is 6.90. The van der Waals surface area contributed by atoms with E-state index in [9.17, 15) is 14.7 Å². The minimum atomic E-state index is -1.01. The molecule has 6 heteroatoms. The summed E-state index contributed by atoms with van der Waals surface area (Å²) in [6.45, 7) is 1.27. The van der Waals surface area contributed by atoms with Crippen LogP contribution in [0.25, 0.3) is 0 Å². The molecule has 20 heavy (non-hydrogen) atoms. The SMILES string of the molecule is CNC(=O)C1CCCN(c2ccc(Cl)cc2C(=O)O)C1. The van der Waals surface area contributed by atoms with Crippen LogP contribution in [0.15, 0.2) is 18.2 Å². The van der Waals surface area contributed by atoms with Crippen LogP contribution in [0.4, 0.5) is 5.69 Å². The fourth-order valence-electron chi connectivity index (χ4n) is 2.57. The summed E-state index contributed by atoms with van der Waals surface area (Å²) in [7, 11) is 1.62. The molecule has 0 aliphatic carbocycles. The number of carboxylic acid groups (broad SMARTS) is 1. The second-order valence-corrected chi connectivity index (χ2v) is 5.30. The number of nitrogens with one attached hydrogen (secondary N) is 1. The number of rotatable bonds is 3. The summed E-state index contributed by atoms with van der Waals surface area (Å²) in [6.07, 6.45) is 1.69. The van der Waals surface area contributed by atoms with Gasteiger partial charge in [0.2, 0.25) is 5.91 Å². The zero-order valence-corrected chi connectivity index (χ0v) is 12.0. The van der Waals surface area contributed by atoms with Gasteiger partial charge in [0.05, 0.1) is 17.2 Å². The van der Waals surface area contributed by atoms with Crippen LogP contribution >= 0.6 is 11.6 Å². The third-order valence-electron chi connectivity index (χ3n) is 3.57. The van der Waals surface area contributed by atoms with Crippen molar-refractivity contribution >= 4 is 29.2 Å². The molecule has 1 aliphatic rings. The van der Waals surface area contributed by atoms with Crippen molar-refractivity contribution in [2.75, 3.05) is 25.0 Å². The van der Waals surface area contributed by atoms with E-state index >= 15 is 0 Å². The monoisotopic (exact) mass is 296 g/mol. The largest absolute Gasteiger partial charge is 0.478 e. The Bertz CT molecular complexity index is 533. The van der Waals surface area contributed by atoms with Crippen molar-refractivity contribution in [3.8, 4) is 0 Å². The van der Waals surface area contributed by atoms with Gasteiger partial charge in [0.15, 0.2) is 0 Å². The van der Waals surface area contributed by atoms with Gasteiger partial charge >= 0.3 is 5.97 Å². The Morgan fingerprint density at radius 2 is 2.20 bits per heavy atom. The topological polar surface area (TPSA) is 69.6 Å². The molecule has 0 aromatic heterocycles. The Kier molecular flexibility index (Phi) is 4.49. The highest BCUT2D eigenvalue weighted by Crippen LogP contribution is 2.28. The van der Waals surface area contributed by atoms with Crippen LogP contribution in [0.5, 0.6) is 0 Å². The maximum Gasteiger partial charge on any atom is 0.337 e. The van der Waals surface area contributed by atoms with Crippen LogP contribution in [0.1, 0.15) is 23.2 Å². The number of hydrogen-bond acceptors (Lipinski definition) is 3. The van der Waals surface area contributed by atoms with Crippen LogP contribution in [0, 0.1) is 5.92 Å². The van der Waals surface area contributed by atoms with Gasteiger partial charge in [0.25, 0.3) is 0 Å². The molecule has 1 fully saturated rings. The van der Waals surface area contributed by atoms with E-state index in [4.69, 9.17) is 11.6 Å². The van der Waals surface area contributed by atoms with Crippen molar-refractivity contribution in [1.82, 2.24) is 5.32 Å². The molecule has 2 N–H and O–H groups in total. The highest BCUT2D eigenvalue weighted by Gasteiger charge is 2.27. The lowest BCUT2D eigenvalue weighted by Gasteiger charge is -2.34. The predicted octanol–water partition coefficient (Wildman–Crippen LogP) is 2.00. The molecule has 0 bridgehead atoms. The van der Waals surface area contributed by atoms with Crippen LogP contribution in [-0.2, 0) is 4.79 Å². The number of nitrogens with zero attached hydrogens (tertiary/aromatic N) is 1. The Hall–Kier alpha value is -1.75. The maximum absolute atomic E-state index is 11.7. The molecule has 5 nitrogen and oxygen atoms in total. The van der Waals surface area contributed by atoms with Crippen LogP contribution in [-0.4, -0.2) is 37.1 Å². The molecule has 1 heterocycles. The van der Waals surface area contributed by atoms with Crippen LogP contribution < -0.4 is 10.2 Å². The lowest BCUT2D eigenvalue weighted by Crippen LogP contribution is -2.42. The molecule has 1 amide bonds. The van der Waals surface area contributed by atoms with E-state index in [1.54, 1.807) is 19.2 Å². The Labute approximate surface area is 122 Å². The molecule has 2 rings (SSSR count). The molecule has 0 saturated carbocycles. The zero-order chi connectivity index (χ0) is 14.7. The number of aromatic carboxylic acids is 1. The van der Waals surface area contributed by atoms with Crippen molar-refractivity contribution in [3.63, 3.8) is 0 Å². The number of halogens is 1. The van der Waals surface area contributed by atoms with Crippen molar-refractivity contribution < 1.29 is 14.7 Å². The van der Waals surface area contributed by atoms with Gasteiger partial charge in [-0.2, -0.15) is 0 Å². The zero-order valence-electron chi connectivity index (χ0n) is 11.2. The van der Waals surface area contributed by atoms with E-state index < -0.39 is 5.97 Å². The number of hydrogen-bond donors (Lipinski definition) is 2. The van der Waals surface area contributed by atoms with E-state index in [0.717, 1.165) is 19.4 Å². The van der Waals surface area contributed by atoms with E-state index in [1.165, 1.54) is 6.07 Å². The Balaban J connectivity index is 2.27. The first-order chi connectivity index (χ1) is 9.52. The predicted molar refractivity (Wildman–Crippen MR) is 77.4 cm³/mol. The molecule has 108 valence electrons. The number of anilines is 1. The smallest absolute Gasteiger partial charge is 0.337 e. The first kappa shape index (κ1) is 14.7. The Morgan fingerprint density at radius 3 is 2.85 bits per heavy atom. The summed E-state index contributed by atoms with van der Waals surface area (Å²) >= 11 is 5.86. The lowest BCUT2D eigenvalue weighted by molar-refractivity contribution is -0.124. The first-order valence-electron chi connectivity index (χ1n) is 6.52. The molecule has 1 aliphatic heterocycles. The number of carbonyl (C=O) groups is 2. The van der Waals surface area contributed by atoms with Gasteiger partial charge in [-0.1, -0.05) is 11.6 Å². The van der Waals surface area contributed by atoms with Gasteiger partial charge < -0.3 is 15.3 Å². The second kappa shape index (κ2) is 6.13. The third-order valence-corrected chi connectivity index (χ3v) is 3.80. The van der Waals surface area contributed by atoms with Crippen molar-refractivity contribution in [1.29, 1.82) is 0 Å². The molecule has 1 aromatic rings. The number of carbonyl (C=O) groups excluding carboxylic acids is 1. The summed E-state index contributed by atoms with van der Waals surface area (Å²) in [5, 5.41) is 12.3. The normalized spacial score (nSPS) is 18.7. The fourth-order valence-corrected chi connectivity index (χ4v) is 2.74. The number of benzene rings is 1. The number of amides is 1.